The molecule has 0 aromatic heterocycles. The van der Waals surface area contributed by atoms with Gasteiger partial charge in [0, 0.05) is 31.3 Å². The largest absolute Gasteiger partial charge is 0.365 e. The Bertz CT molecular complexity index is 693. The van der Waals surface area contributed by atoms with E-state index in [9.17, 15) is 14.9 Å². The Morgan fingerprint density at radius 2 is 2.07 bits per heavy atom. The second kappa shape index (κ2) is 9.37. The minimum absolute atomic E-state index is 0.0189. The van der Waals surface area contributed by atoms with Crippen LogP contribution in [-0.2, 0) is 0 Å². The van der Waals surface area contributed by atoms with Gasteiger partial charge in [0.05, 0.1) is 4.92 Å². The van der Waals surface area contributed by atoms with Gasteiger partial charge in [0.15, 0.2) is 0 Å². The van der Waals surface area contributed by atoms with Crippen molar-refractivity contribution in [1.29, 1.82) is 0 Å². The van der Waals surface area contributed by atoms with Gasteiger partial charge in [0.25, 0.3) is 11.6 Å². The van der Waals surface area contributed by atoms with Crippen molar-refractivity contribution >= 4 is 17.3 Å². The molecule has 7 heteroatoms. The number of rotatable bonds is 6. The van der Waals surface area contributed by atoms with Crippen LogP contribution in [0.15, 0.2) is 18.2 Å². The standard InChI is InChI=1S/C21H32N4O3/c1-15-10-16(2)14-24(13-15)19-6-5-18(11-20(19)25(27)28)21(26)23-9-7-17-4-3-8-22-12-17/h5-6,11,15-17,22H,3-4,7-10,12-14H2,1-2H3,(H,23,26). The highest BCUT2D eigenvalue weighted by Gasteiger charge is 2.28. The van der Waals surface area contributed by atoms with Gasteiger partial charge in [0.2, 0.25) is 0 Å². The molecule has 0 spiro atoms. The summed E-state index contributed by atoms with van der Waals surface area (Å²) in [5.74, 6) is 1.36. The van der Waals surface area contributed by atoms with Gasteiger partial charge < -0.3 is 15.5 Å². The summed E-state index contributed by atoms with van der Waals surface area (Å²) in [6.45, 7) is 8.66. The molecular formula is C21H32N4O3. The van der Waals surface area contributed by atoms with Crippen molar-refractivity contribution in [2.45, 2.75) is 39.5 Å². The molecule has 0 aliphatic carbocycles. The fourth-order valence-corrected chi connectivity index (χ4v) is 4.60. The number of carbonyl (C=O) groups excluding carboxylic acids is 1. The third-order valence-electron chi connectivity index (χ3n) is 5.88. The molecule has 1 aromatic rings. The molecule has 2 saturated heterocycles. The topological polar surface area (TPSA) is 87.5 Å². The van der Waals surface area contributed by atoms with Crippen LogP contribution in [0.2, 0.25) is 0 Å². The van der Waals surface area contributed by atoms with Gasteiger partial charge in [0.1, 0.15) is 5.69 Å². The van der Waals surface area contributed by atoms with Crippen molar-refractivity contribution < 1.29 is 9.72 Å². The van der Waals surface area contributed by atoms with E-state index in [-0.39, 0.29) is 16.5 Å². The maximum absolute atomic E-state index is 12.5. The average molecular weight is 389 g/mol. The zero-order valence-electron chi connectivity index (χ0n) is 16.9. The van der Waals surface area contributed by atoms with Gasteiger partial charge in [-0.1, -0.05) is 13.8 Å². The number of hydrogen-bond acceptors (Lipinski definition) is 5. The van der Waals surface area contributed by atoms with Crippen LogP contribution >= 0.6 is 0 Å². The minimum atomic E-state index is -0.371. The number of carbonyl (C=O) groups is 1. The van der Waals surface area contributed by atoms with Crippen molar-refractivity contribution in [3.05, 3.63) is 33.9 Å². The van der Waals surface area contributed by atoms with Crippen LogP contribution in [0.1, 0.15) is 49.9 Å². The molecule has 2 N–H and O–H groups in total. The van der Waals surface area contributed by atoms with Crippen LogP contribution in [-0.4, -0.2) is 43.6 Å². The van der Waals surface area contributed by atoms with E-state index in [2.05, 4.69) is 29.4 Å². The molecule has 2 aliphatic rings. The highest BCUT2D eigenvalue weighted by atomic mass is 16.6. The molecule has 3 rings (SSSR count). The fourth-order valence-electron chi connectivity index (χ4n) is 4.60. The Morgan fingerprint density at radius 3 is 2.71 bits per heavy atom. The van der Waals surface area contributed by atoms with Crippen LogP contribution in [0.25, 0.3) is 0 Å². The summed E-state index contributed by atoms with van der Waals surface area (Å²) in [6, 6.07) is 4.88. The normalized spacial score (nSPS) is 25.4. The van der Waals surface area contributed by atoms with Gasteiger partial charge in [-0.15, -0.1) is 0 Å². The first kappa shape index (κ1) is 20.6. The predicted octanol–water partition coefficient (Wildman–Crippen LogP) is 3.20. The number of nitro groups is 1. The quantitative estimate of drug-likeness (QED) is 0.577. The number of amides is 1. The number of piperidine rings is 2. The van der Waals surface area contributed by atoms with Gasteiger partial charge in [-0.25, -0.2) is 0 Å². The van der Waals surface area contributed by atoms with E-state index in [0.29, 0.717) is 35.5 Å². The Labute approximate surface area is 167 Å². The summed E-state index contributed by atoms with van der Waals surface area (Å²) in [4.78, 5) is 25.9. The molecule has 3 unspecified atom stereocenters. The van der Waals surface area contributed by atoms with Crippen LogP contribution < -0.4 is 15.5 Å². The van der Waals surface area contributed by atoms with Gasteiger partial charge in [-0.3, -0.25) is 14.9 Å². The van der Waals surface area contributed by atoms with E-state index in [1.807, 2.05) is 0 Å². The van der Waals surface area contributed by atoms with Crippen molar-refractivity contribution in [3.8, 4) is 0 Å². The van der Waals surface area contributed by atoms with Crippen molar-refractivity contribution in [3.63, 3.8) is 0 Å². The molecule has 2 fully saturated rings. The summed E-state index contributed by atoms with van der Waals surface area (Å²) >= 11 is 0. The minimum Gasteiger partial charge on any atom is -0.365 e. The number of benzene rings is 1. The zero-order valence-corrected chi connectivity index (χ0v) is 16.9. The monoisotopic (exact) mass is 388 g/mol. The number of nitro benzene ring substituents is 1. The molecule has 28 heavy (non-hydrogen) atoms. The second-order valence-electron chi connectivity index (χ2n) is 8.57. The van der Waals surface area contributed by atoms with E-state index in [1.54, 1.807) is 12.1 Å². The Morgan fingerprint density at radius 1 is 1.32 bits per heavy atom. The molecule has 1 aromatic carbocycles. The molecule has 154 valence electrons. The summed E-state index contributed by atoms with van der Waals surface area (Å²) in [6.07, 6.45) is 4.44. The van der Waals surface area contributed by atoms with E-state index in [0.717, 1.165) is 39.0 Å². The second-order valence-corrected chi connectivity index (χ2v) is 8.57. The molecule has 0 saturated carbocycles. The smallest absolute Gasteiger partial charge is 0.293 e. The number of anilines is 1. The van der Waals surface area contributed by atoms with Gasteiger partial charge >= 0.3 is 0 Å². The van der Waals surface area contributed by atoms with Crippen LogP contribution in [0.5, 0.6) is 0 Å². The summed E-state index contributed by atoms with van der Waals surface area (Å²) in [5.41, 5.74) is 0.994. The first-order valence-corrected chi connectivity index (χ1v) is 10.5. The van der Waals surface area contributed by atoms with Gasteiger partial charge in [-0.05, 0) is 68.7 Å². The average Bonchev–Trinajstić information content (AvgIpc) is 2.67. The van der Waals surface area contributed by atoms with Crippen LogP contribution in [0.4, 0.5) is 11.4 Å². The van der Waals surface area contributed by atoms with E-state index < -0.39 is 0 Å². The Kier molecular flexibility index (Phi) is 6.88. The molecule has 3 atom stereocenters. The molecular weight excluding hydrogens is 356 g/mol. The van der Waals surface area contributed by atoms with Crippen LogP contribution in [0.3, 0.4) is 0 Å². The summed E-state index contributed by atoms with van der Waals surface area (Å²) in [7, 11) is 0. The van der Waals surface area contributed by atoms with Crippen LogP contribution in [0, 0.1) is 27.9 Å². The first-order chi connectivity index (χ1) is 13.4. The maximum Gasteiger partial charge on any atom is 0.293 e. The highest BCUT2D eigenvalue weighted by Crippen LogP contribution is 2.33. The summed E-state index contributed by atoms with van der Waals surface area (Å²) < 4.78 is 0. The molecule has 7 nitrogen and oxygen atoms in total. The number of hydrogen-bond donors (Lipinski definition) is 2. The maximum atomic E-state index is 12.5. The lowest BCUT2D eigenvalue weighted by Gasteiger charge is -2.36. The van der Waals surface area contributed by atoms with Gasteiger partial charge in [-0.2, -0.15) is 0 Å². The molecule has 2 aliphatic heterocycles. The first-order valence-electron chi connectivity index (χ1n) is 10.5. The lowest BCUT2D eigenvalue weighted by atomic mass is 9.91. The van der Waals surface area contributed by atoms with E-state index >= 15 is 0 Å². The zero-order chi connectivity index (χ0) is 20.1. The van der Waals surface area contributed by atoms with E-state index in [1.165, 1.54) is 18.9 Å². The SMILES string of the molecule is CC1CC(C)CN(c2ccc(C(=O)NCCC3CCCNC3)cc2[N+](=O)[O-])C1. The highest BCUT2D eigenvalue weighted by molar-refractivity contribution is 5.95. The van der Waals surface area contributed by atoms with E-state index in [4.69, 9.17) is 0 Å². The molecule has 1 amide bonds. The third-order valence-corrected chi connectivity index (χ3v) is 5.88. The van der Waals surface area contributed by atoms with Crippen molar-refractivity contribution in [1.82, 2.24) is 10.6 Å². The number of nitrogens with one attached hydrogen (secondary N) is 2. The molecule has 0 radical (unpaired) electrons. The van der Waals surface area contributed by atoms with Crippen molar-refractivity contribution in [2.24, 2.45) is 17.8 Å². The predicted molar refractivity (Wildman–Crippen MR) is 111 cm³/mol. The lowest BCUT2D eigenvalue weighted by molar-refractivity contribution is -0.384. The Balaban J connectivity index is 1.66. The molecule has 2 heterocycles. The third kappa shape index (κ3) is 5.22. The fraction of sp³-hybridized carbons (Fsp3) is 0.667. The summed E-state index contributed by atoms with van der Waals surface area (Å²) in [5, 5.41) is 18.0. The Hall–Kier alpha value is -2.15. The lowest BCUT2D eigenvalue weighted by Crippen LogP contribution is -2.39. The van der Waals surface area contributed by atoms with Crippen molar-refractivity contribution in [2.75, 3.05) is 37.6 Å². The number of nitrogens with zero attached hydrogens (tertiary/aromatic N) is 2. The molecule has 0 bridgehead atoms.